The fourth-order valence-corrected chi connectivity index (χ4v) is 5.08. The lowest BCUT2D eigenvalue weighted by molar-refractivity contribution is -0.126. The largest absolute Gasteiger partial charge is 0.345 e. The van der Waals surface area contributed by atoms with Crippen LogP contribution in [0.1, 0.15) is 43.4 Å². The predicted octanol–water partition coefficient (Wildman–Crippen LogP) is 6.45. The fraction of sp³-hybridized carbons (Fsp3) is 0.314. The van der Waals surface area contributed by atoms with Crippen LogP contribution in [0.3, 0.4) is 0 Å². The molecule has 0 radical (unpaired) electrons. The molecule has 1 amide bonds. The Balaban J connectivity index is 0.000000438. The molecule has 39 heavy (non-hydrogen) atoms. The van der Waals surface area contributed by atoms with E-state index in [9.17, 15) is 9.59 Å². The molecular weight excluding hydrogens is 480 g/mol. The molecule has 202 valence electrons. The second-order valence-electron chi connectivity index (χ2n) is 10.9. The number of hydrogen-bond donors (Lipinski definition) is 2. The predicted molar refractivity (Wildman–Crippen MR) is 161 cm³/mol. The van der Waals surface area contributed by atoms with Crippen LogP contribution in [-0.4, -0.2) is 29.8 Å². The average Bonchev–Trinajstić information content (AvgIpc) is 3.74. The Morgan fingerprint density at radius 2 is 1.38 bits per heavy atom. The Labute approximate surface area is 232 Å². The van der Waals surface area contributed by atoms with Crippen LogP contribution in [0.4, 0.5) is 0 Å². The number of hydrogen-bond acceptors (Lipinski definition) is 3. The lowest BCUT2D eigenvalue weighted by Crippen LogP contribution is -2.48. The van der Waals surface area contributed by atoms with Gasteiger partial charge in [0, 0.05) is 5.54 Å². The summed E-state index contributed by atoms with van der Waals surface area (Å²) in [6, 6.07) is 34.6. The van der Waals surface area contributed by atoms with Crippen molar-refractivity contribution in [3.8, 4) is 0 Å². The first-order valence-electron chi connectivity index (χ1n) is 13.9. The number of Topliss-reactive ketones (excluding diaryl/α,β-unsaturated/α-hetero) is 1. The van der Waals surface area contributed by atoms with Crippen LogP contribution in [-0.2, 0) is 22.4 Å². The summed E-state index contributed by atoms with van der Waals surface area (Å²) in [6.45, 7) is 6.12. The molecule has 1 aliphatic rings. The fourth-order valence-electron chi connectivity index (χ4n) is 5.08. The molecule has 2 unspecified atom stereocenters. The molecule has 2 N–H and O–H groups in total. The zero-order valence-corrected chi connectivity index (χ0v) is 23.3. The van der Waals surface area contributed by atoms with E-state index in [2.05, 4.69) is 85.1 Å². The third-order valence-corrected chi connectivity index (χ3v) is 7.74. The van der Waals surface area contributed by atoms with Crippen LogP contribution < -0.4 is 10.6 Å². The number of carbonyl (C=O) groups excluding carboxylic acids is 2. The van der Waals surface area contributed by atoms with Gasteiger partial charge in [-0.2, -0.15) is 0 Å². The second-order valence-corrected chi connectivity index (χ2v) is 10.9. The van der Waals surface area contributed by atoms with Gasteiger partial charge in [-0.25, -0.2) is 0 Å². The molecule has 0 bridgehead atoms. The molecule has 1 saturated carbocycles. The Hall–Kier alpha value is -3.76. The van der Waals surface area contributed by atoms with Crippen LogP contribution in [0.25, 0.3) is 10.8 Å². The van der Waals surface area contributed by atoms with Crippen LogP contribution in [0.15, 0.2) is 103 Å². The summed E-state index contributed by atoms with van der Waals surface area (Å²) in [5, 5.41) is 8.76. The molecule has 0 heterocycles. The highest BCUT2D eigenvalue weighted by molar-refractivity contribution is 5.89. The first-order valence-corrected chi connectivity index (χ1v) is 13.9. The molecule has 4 heteroatoms. The lowest BCUT2D eigenvalue weighted by Gasteiger charge is -2.25. The maximum Gasteiger partial charge on any atom is 0.234 e. The molecule has 5 rings (SSSR count). The van der Waals surface area contributed by atoms with Crippen molar-refractivity contribution in [2.45, 2.75) is 58.0 Å². The van der Waals surface area contributed by atoms with Crippen molar-refractivity contribution in [3.05, 3.63) is 120 Å². The molecule has 0 spiro atoms. The molecule has 4 nitrogen and oxygen atoms in total. The van der Waals surface area contributed by atoms with E-state index < -0.39 is 6.04 Å². The molecule has 4 aromatic rings. The maximum absolute atomic E-state index is 12.7. The summed E-state index contributed by atoms with van der Waals surface area (Å²) in [6.07, 6.45) is 3.66. The maximum atomic E-state index is 12.7. The van der Waals surface area contributed by atoms with Crippen molar-refractivity contribution in [1.29, 1.82) is 0 Å². The zero-order valence-electron chi connectivity index (χ0n) is 23.3. The summed E-state index contributed by atoms with van der Waals surface area (Å²) >= 11 is 0. The molecule has 0 aromatic heterocycles. The Morgan fingerprint density at radius 3 is 1.97 bits per heavy atom. The van der Waals surface area contributed by atoms with Gasteiger partial charge >= 0.3 is 0 Å². The van der Waals surface area contributed by atoms with Crippen LogP contribution in [0.5, 0.6) is 0 Å². The first-order chi connectivity index (χ1) is 18.8. The second kappa shape index (κ2) is 13.3. The Bertz CT molecular complexity index is 1360. The number of benzene rings is 4. The van der Waals surface area contributed by atoms with Gasteiger partial charge in [-0.05, 0) is 67.3 Å². The van der Waals surface area contributed by atoms with Gasteiger partial charge in [0.25, 0.3) is 0 Å². The highest BCUT2D eigenvalue weighted by Crippen LogP contribution is 2.43. The van der Waals surface area contributed by atoms with Crippen molar-refractivity contribution < 1.29 is 9.59 Å². The SMILES string of the molecule is CC(=O)C(Cc1ccc2ccccc2c1)NC(=O)CNC1(C(C)Cc2ccccc2)CC1.Cc1ccccc1. The molecule has 0 saturated heterocycles. The Morgan fingerprint density at radius 1 is 0.769 bits per heavy atom. The summed E-state index contributed by atoms with van der Waals surface area (Å²) < 4.78 is 0. The van der Waals surface area contributed by atoms with Crippen LogP contribution >= 0.6 is 0 Å². The van der Waals surface area contributed by atoms with E-state index in [1.54, 1.807) is 6.92 Å². The van der Waals surface area contributed by atoms with E-state index in [1.165, 1.54) is 16.5 Å². The minimum Gasteiger partial charge on any atom is -0.345 e. The summed E-state index contributed by atoms with van der Waals surface area (Å²) in [5.74, 6) is 0.299. The molecule has 1 fully saturated rings. The van der Waals surface area contributed by atoms with Gasteiger partial charge in [0.2, 0.25) is 5.91 Å². The number of carbonyl (C=O) groups is 2. The van der Waals surface area contributed by atoms with Gasteiger partial charge in [0.05, 0.1) is 12.6 Å². The number of rotatable bonds is 10. The van der Waals surface area contributed by atoms with Gasteiger partial charge in [-0.1, -0.05) is 116 Å². The smallest absolute Gasteiger partial charge is 0.234 e. The van der Waals surface area contributed by atoms with Gasteiger partial charge in [0.1, 0.15) is 0 Å². The van der Waals surface area contributed by atoms with Crippen molar-refractivity contribution in [2.75, 3.05) is 6.54 Å². The average molecular weight is 521 g/mol. The zero-order chi connectivity index (χ0) is 27.7. The van der Waals surface area contributed by atoms with Crippen molar-refractivity contribution >= 4 is 22.5 Å². The van der Waals surface area contributed by atoms with E-state index in [0.717, 1.165) is 30.2 Å². The molecular formula is C35H40N2O2. The van der Waals surface area contributed by atoms with E-state index in [1.807, 2.05) is 42.5 Å². The van der Waals surface area contributed by atoms with Crippen LogP contribution in [0, 0.1) is 12.8 Å². The summed E-state index contributed by atoms with van der Waals surface area (Å²) in [5.41, 5.74) is 3.72. The monoisotopic (exact) mass is 520 g/mol. The highest BCUT2D eigenvalue weighted by Gasteiger charge is 2.46. The van der Waals surface area contributed by atoms with Crippen molar-refractivity contribution in [1.82, 2.24) is 10.6 Å². The van der Waals surface area contributed by atoms with Gasteiger partial charge in [-0.15, -0.1) is 0 Å². The number of nitrogens with one attached hydrogen (secondary N) is 2. The summed E-state index contributed by atoms with van der Waals surface area (Å²) in [7, 11) is 0. The Kier molecular flexibility index (Phi) is 9.67. The standard InChI is InChI=1S/C28H32N2O2.C7H8/c1-20(16-22-8-4-3-5-9-22)28(14-15-28)29-19-27(32)30-26(21(2)31)18-23-12-13-24-10-6-7-11-25(24)17-23;1-7-5-3-2-4-6-7/h3-13,17,20,26,29H,14-16,18-19H2,1-2H3,(H,30,32);2-6H,1H3. The van der Waals surface area contributed by atoms with E-state index >= 15 is 0 Å². The topological polar surface area (TPSA) is 58.2 Å². The minimum atomic E-state index is -0.512. The third kappa shape index (κ3) is 8.36. The van der Waals surface area contributed by atoms with E-state index in [-0.39, 0.29) is 23.8 Å². The lowest BCUT2D eigenvalue weighted by atomic mass is 9.91. The highest BCUT2D eigenvalue weighted by atomic mass is 16.2. The number of fused-ring (bicyclic) bond motifs is 1. The van der Waals surface area contributed by atoms with Gasteiger partial charge < -0.3 is 10.6 Å². The number of amides is 1. The van der Waals surface area contributed by atoms with Gasteiger partial charge in [-0.3, -0.25) is 9.59 Å². The molecule has 1 aliphatic carbocycles. The molecule has 4 aromatic carbocycles. The minimum absolute atomic E-state index is 0.0231. The molecule has 0 aliphatic heterocycles. The summed E-state index contributed by atoms with van der Waals surface area (Å²) in [4.78, 5) is 24.9. The number of ketones is 1. The first kappa shape index (κ1) is 28.3. The van der Waals surface area contributed by atoms with Crippen LogP contribution in [0.2, 0.25) is 0 Å². The van der Waals surface area contributed by atoms with E-state index in [0.29, 0.717) is 12.3 Å². The quantitative estimate of drug-likeness (QED) is 0.253. The van der Waals surface area contributed by atoms with Gasteiger partial charge in [0.15, 0.2) is 5.78 Å². The third-order valence-electron chi connectivity index (χ3n) is 7.74. The van der Waals surface area contributed by atoms with E-state index in [4.69, 9.17) is 0 Å². The van der Waals surface area contributed by atoms with Crippen molar-refractivity contribution in [3.63, 3.8) is 0 Å². The number of aryl methyl sites for hydroxylation is 1. The normalized spacial score (nSPS) is 14.9. The molecule has 2 atom stereocenters. The van der Waals surface area contributed by atoms with Crippen molar-refractivity contribution in [2.24, 2.45) is 5.92 Å².